The van der Waals surface area contributed by atoms with Crippen molar-refractivity contribution in [3.05, 3.63) is 54.1 Å². The Morgan fingerprint density at radius 3 is 2.82 bits per heavy atom. The summed E-state index contributed by atoms with van der Waals surface area (Å²) in [4.78, 5) is 15.7. The first-order valence-electron chi connectivity index (χ1n) is 6.92. The van der Waals surface area contributed by atoms with E-state index in [2.05, 4.69) is 22.1 Å². The summed E-state index contributed by atoms with van der Waals surface area (Å²) in [5.41, 5.74) is 0.416. The molecule has 1 amide bonds. The summed E-state index contributed by atoms with van der Waals surface area (Å²) < 4.78 is 18.7. The third-order valence-corrected chi connectivity index (χ3v) is 3.03. The van der Waals surface area contributed by atoms with E-state index in [0.717, 1.165) is 19.0 Å². The zero-order valence-corrected chi connectivity index (χ0v) is 11.7. The van der Waals surface area contributed by atoms with Crippen molar-refractivity contribution in [1.29, 1.82) is 0 Å². The minimum atomic E-state index is -0.766. The highest BCUT2D eigenvalue weighted by atomic mass is 19.1. The van der Waals surface area contributed by atoms with E-state index in [4.69, 9.17) is 4.74 Å². The summed E-state index contributed by atoms with van der Waals surface area (Å²) >= 11 is 0. The first-order valence-corrected chi connectivity index (χ1v) is 6.92. The molecule has 1 fully saturated rings. The number of amides is 1. The molecule has 0 aliphatic heterocycles. The summed E-state index contributed by atoms with van der Waals surface area (Å²) in [6, 6.07) is 9.95. The lowest BCUT2D eigenvalue weighted by atomic mass is 10.3. The number of hydrogen-bond acceptors (Lipinski definition) is 3. The molecule has 110 valence electrons. The van der Waals surface area contributed by atoms with E-state index in [0.29, 0.717) is 17.4 Å². The van der Waals surface area contributed by atoms with Crippen molar-refractivity contribution < 1.29 is 13.9 Å². The minimum Gasteiger partial charge on any atom is -0.410 e. The fourth-order valence-electron chi connectivity index (χ4n) is 1.74. The van der Waals surface area contributed by atoms with E-state index in [1.807, 2.05) is 0 Å². The Bertz CT molecular complexity index is 746. The number of nitrogens with zero attached hydrogens (tertiary/aromatic N) is 1. The van der Waals surface area contributed by atoms with E-state index in [-0.39, 0.29) is 5.69 Å². The number of benzene rings is 1. The van der Waals surface area contributed by atoms with Gasteiger partial charge in [-0.2, -0.15) is 0 Å². The Balaban J connectivity index is 1.69. The first kappa shape index (κ1) is 14.1. The number of ether oxygens (including phenoxy) is 1. The van der Waals surface area contributed by atoms with Gasteiger partial charge in [0, 0.05) is 5.92 Å². The molecule has 5 heteroatoms. The Morgan fingerprint density at radius 2 is 2.09 bits per heavy atom. The molecule has 4 nitrogen and oxygen atoms in total. The van der Waals surface area contributed by atoms with E-state index in [9.17, 15) is 9.18 Å². The van der Waals surface area contributed by atoms with Gasteiger partial charge in [0.1, 0.15) is 11.4 Å². The quantitative estimate of drug-likeness (QED) is 0.862. The molecule has 2 aromatic rings. The third kappa shape index (κ3) is 3.83. The van der Waals surface area contributed by atoms with Crippen molar-refractivity contribution in [2.45, 2.75) is 12.8 Å². The van der Waals surface area contributed by atoms with Crippen LogP contribution in [0.4, 0.5) is 14.9 Å². The van der Waals surface area contributed by atoms with Gasteiger partial charge in [0.2, 0.25) is 0 Å². The highest BCUT2D eigenvalue weighted by Gasteiger charge is 2.18. The number of pyridine rings is 1. The summed E-state index contributed by atoms with van der Waals surface area (Å²) in [6.45, 7) is 0. The lowest BCUT2D eigenvalue weighted by molar-refractivity contribution is 0.215. The predicted octanol–water partition coefficient (Wildman–Crippen LogP) is 3.59. The largest absolute Gasteiger partial charge is 0.417 e. The zero-order valence-electron chi connectivity index (χ0n) is 11.7. The highest BCUT2D eigenvalue weighted by Crippen LogP contribution is 2.27. The van der Waals surface area contributed by atoms with Crippen LogP contribution in [0.5, 0.6) is 5.75 Å². The molecular weight excluding hydrogens is 283 g/mol. The van der Waals surface area contributed by atoms with E-state index in [1.54, 1.807) is 30.3 Å². The predicted molar refractivity (Wildman–Crippen MR) is 79.9 cm³/mol. The van der Waals surface area contributed by atoms with Crippen molar-refractivity contribution >= 4 is 11.8 Å². The van der Waals surface area contributed by atoms with Crippen molar-refractivity contribution in [2.75, 3.05) is 5.32 Å². The maximum atomic E-state index is 13.7. The minimum absolute atomic E-state index is 0.00368. The molecule has 1 aromatic heterocycles. The van der Waals surface area contributed by atoms with Crippen LogP contribution in [-0.4, -0.2) is 11.1 Å². The van der Waals surface area contributed by atoms with Gasteiger partial charge in [-0.1, -0.05) is 24.1 Å². The fraction of sp³-hybridized carbons (Fsp3) is 0.176. The molecule has 0 saturated heterocycles. The molecule has 1 heterocycles. The lowest BCUT2D eigenvalue weighted by Gasteiger charge is -2.07. The van der Waals surface area contributed by atoms with Crippen molar-refractivity contribution in [1.82, 2.24) is 4.98 Å². The fourth-order valence-corrected chi connectivity index (χ4v) is 1.74. The van der Waals surface area contributed by atoms with Crippen LogP contribution in [0.2, 0.25) is 0 Å². The van der Waals surface area contributed by atoms with Crippen molar-refractivity contribution in [3.63, 3.8) is 0 Å². The number of carbonyl (C=O) groups is 1. The van der Waals surface area contributed by atoms with Gasteiger partial charge >= 0.3 is 6.09 Å². The number of carbonyl (C=O) groups excluding carboxylic acids is 1. The Morgan fingerprint density at radius 1 is 1.32 bits per heavy atom. The second-order valence-electron chi connectivity index (χ2n) is 4.92. The summed E-state index contributed by atoms with van der Waals surface area (Å²) in [6.07, 6.45) is 2.47. The van der Waals surface area contributed by atoms with Gasteiger partial charge in [-0.3, -0.25) is 5.32 Å². The number of halogens is 1. The molecule has 22 heavy (non-hydrogen) atoms. The smallest absolute Gasteiger partial charge is 0.410 e. The van der Waals surface area contributed by atoms with Crippen LogP contribution in [0.3, 0.4) is 0 Å². The first-order chi connectivity index (χ1) is 10.7. The topological polar surface area (TPSA) is 51.2 Å². The van der Waals surface area contributed by atoms with Gasteiger partial charge < -0.3 is 4.74 Å². The molecule has 1 saturated carbocycles. The Labute approximate surface area is 127 Å². The maximum Gasteiger partial charge on any atom is 0.417 e. The van der Waals surface area contributed by atoms with Crippen LogP contribution in [0.1, 0.15) is 18.5 Å². The molecule has 1 aliphatic carbocycles. The van der Waals surface area contributed by atoms with Crippen LogP contribution < -0.4 is 10.1 Å². The standard InChI is InChI=1S/C17H13FN2O2/c18-15-11-19-13(9-8-12-6-7-12)10-16(15)20-17(21)22-14-4-2-1-3-5-14/h1-5,10-12H,6-7H2,(H,19,20,21). The van der Waals surface area contributed by atoms with Crippen molar-refractivity contribution in [2.24, 2.45) is 5.92 Å². The summed E-state index contributed by atoms with van der Waals surface area (Å²) in [5.74, 6) is 6.07. The molecule has 1 aromatic carbocycles. The molecular formula is C17H13FN2O2. The van der Waals surface area contributed by atoms with E-state index >= 15 is 0 Å². The number of nitrogens with one attached hydrogen (secondary N) is 1. The van der Waals surface area contributed by atoms with E-state index < -0.39 is 11.9 Å². The second-order valence-corrected chi connectivity index (χ2v) is 4.92. The van der Waals surface area contributed by atoms with E-state index in [1.165, 1.54) is 6.07 Å². The maximum absolute atomic E-state index is 13.7. The van der Waals surface area contributed by atoms with Crippen LogP contribution in [0, 0.1) is 23.6 Å². The van der Waals surface area contributed by atoms with Crippen LogP contribution in [0.15, 0.2) is 42.6 Å². The van der Waals surface area contributed by atoms with Gasteiger partial charge in [-0.05, 0) is 37.0 Å². The second kappa shape index (κ2) is 6.27. The van der Waals surface area contributed by atoms with Crippen LogP contribution in [-0.2, 0) is 0 Å². The van der Waals surface area contributed by atoms with Crippen molar-refractivity contribution in [3.8, 4) is 17.6 Å². The molecule has 0 atom stereocenters. The SMILES string of the molecule is O=C(Nc1cc(C#CC2CC2)ncc1F)Oc1ccccc1. The average molecular weight is 296 g/mol. The zero-order chi connectivity index (χ0) is 15.4. The Hall–Kier alpha value is -2.87. The summed E-state index contributed by atoms with van der Waals surface area (Å²) in [5, 5.41) is 2.36. The molecule has 0 unspecified atom stereocenters. The molecule has 0 radical (unpaired) electrons. The van der Waals surface area contributed by atoms with Crippen LogP contribution >= 0.6 is 0 Å². The molecule has 1 aliphatic rings. The summed E-state index contributed by atoms with van der Waals surface area (Å²) in [7, 11) is 0. The van der Waals surface area contributed by atoms with Gasteiger partial charge in [0.05, 0.1) is 11.9 Å². The average Bonchev–Trinajstić information content (AvgIpc) is 3.33. The van der Waals surface area contributed by atoms with Crippen LogP contribution in [0.25, 0.3) is 0 Å². The number of hydrogen-bond donors (Lipinski definition) is 1. The van der Waals surface area contributed by atoms with Gasteiger partial charge in [-0.25, -0.2) is 14.2 Å². The van der Waals surface area contributed by atoms with Gasteiger partial charge in [0.25, 0.3) is 0 Å². The molecule has 0 spiro atoms. The number of para-hydroxylation sites is 1. The normalized spacial score (nSPS) is 13.0. The number of rotatable bonds is 2. The molecule has 3 rings (SSSR count). The Kier molecular flexibility index (Phi) is 4.01. The lowest BCUT2D eigenvalue weighted by Crippen LogP contribution is -2.17. The molecule has 0 bridgehead atoms. The number of anilines is 1. The van der Waals surface area contributed by atoms with Gasteiger partial charge in [-0.15, -0.1) is 0 Å². The highest BCUT2D eigenvalue weighted by molar-refractivity contribution is 5.86. The third-order valence-electron chi connectivity index (χ3n) is 3.03. The van der Waals surface area contributed by atoms with Gasteiger partial charge in [0.15, 0.2) is 5.82 Å². The monoisotopic (exact) mass is 296 g/mol. The number of aromatic nitrogens is 1. The molecule has 1 N–H and O–H groups in total.